The van der Waals surface area contributed by atoms with E-state index in [4.69, 9.17) is 14.2 Å². The van der Waals surface area contributed by atoms with Crippen molar-refractivity contribution in [2.24, 2.45) is 0 Å². The Morgan fingerprint density at radius 2 is 1.77 bits per heavy atom. The topological polar surface area (TPSA) is 92.0 Å². The molecule has 2 aromatic heterocycles. The molecule has 3 aromatic rings. The number of fused-ring (bicyclic) bond motifs is 1. The van der Waals surface area contributed by atoms with E-state index in [9.17, 15) is 8.42 Å². The summed E-state index contributed by atoms with van der Waals surface area (Å²) in [7, 11) is 0.922. The van der Waals surface area contributed by atoms with Gasteiger partial charge in [0, 0.05) is 18.0 Å². The fourth-order valence-corrected chi connectivity index (χ4v) is 4.21. The molecule has 0 amide bonds. The number of nitrogens with zero attached hydrogens (tertiary/aromatic N) is 3. The summed E-state index contributed by atoms with van der Waals surface area (Å²) in [6.07, 6.45) is 7.10. The van der Waals surface area contributed by atoms with Gasteiger partial charge in [0.1, 0.15) is 0 Å². The van der Waals surface area contributed by atoms with Crippen LogP contribution in [0, 0.1) is 0 Å². The van der Waals surface area contributed by atoms with E-state index in [0.717, 1.165) is 25.0 Å². The third-order valence-electron chi connectivity index (χ3n) is 4.84. The quantitative estimate of drug-likeness (QED) is 0.496. The molecule has 9 heteroatoms. The van der Waals surface area contributed by atoms with Gasteiger partial charge >= 0.3 is 0 Å². The highest BCUT2D eigenvalue weighted by Crippen LogP contribution is 2.39. The first-order valence-electron chi connectivity index (χ1n) is 9.88. The predicted molar refractivity (Wildman–Crippen MR) is 120 cm³/mol. The summed E-state index contributed by atoms with van der Waals surface area (Å²) in [6.45, 7) is 2.10. The first-order chi connectivity index (χ1) is 14.8. The highest BCUT2D eigenvalue weighted by atomic mass is 32.2. The number of rotatable bonds is 9. The molecule has 0 bridgehead atoms. The maximum atomic E-state index is 12.8. The first-order valence-corrected chi connectivity index (χ1v) is 11.8. The zero-order chi connectivity index (χ0) is 22.6. The maximum Gasteiger partial charge on any atom is 0.203 e. The van der Waals surface area contributed by atoms with Crippen molar-refractivity contribution in [3.8, 4) is 17.2 Å². The highest BCUT2D eigenvalue weighted by molar-refractivity contribution is 8.00. The van der Waals surface area contributed by atoms with Crippen molar-refractivity contribution < 1.29 is 22.6 Å². The van der Waals surface area contributed by atoms with Crippen LogP contribution in [0.5, 0.6) is 17.2 Å². The molecule has 31 heavy (non-hydrogen) atoms. The summed E-state index contributed by atoms with van der Waals surface area (Å²) >= 11 is 0. The average molecular weight is 446 g/mol. The third kappa shape index (κ3) is 4.82. The Kier molecular flexibility index (Phi) is 6.84. The van der Waals surface area contributed by atoms with Crippen molar-refractivity contribution >= 4 is 26.5 Å². The summed E-state index contributed by atoms with van der Waals surface area (Å²) in [4.78, 5) is 4.73. The molecular formula is C22H27N3O5S. The molecule has 2 heterocycles. The van der Waals surface area contributed by atoms with E-state index in [2.05, 4.69) is 17.0 Å². The highest BCUT2D eigenvalue weighted by Gasteiger charge is 2.21. The van der Waals surface area contributed by atoms with E-state index in [0.29, 0.717) is 34.2 Å². The second kappa shape index (κ2) is 9.38. The Morgan fingerprint density at radius 3 is 2.32 bits per heavy atom. The van der Waals surface area contributed by atoms with Gasteiger partial charge in [-0.15, -0.1) is 0 Å². The Balaban J connectivity index is 2.26. The number of aryl methyl sites for hydroxylation is 1. The lowest BCUT2D eigenvalue weighted by atomic mass is 10.1. The molecule has 0 aliphatic carbocycles. The van der Waals surface area contributed by atoms with Crippen LogP contribution in [0.25, 0.3) is 16.6 Å². The van der Waals surface area contributed by atoms with Crippen LogP contribution in [-0.4, -0.2) is 50.6 Å². The molecule has 8 nitrogen and oxygen atoms in total. The van der Waals surface area contributed by atoms with Gasteiger partial charge in [-0.2, -0.15) is 5.10 Å². The van der Waals surface area contributed by atoms with Crippen LogP contribution in [0.4, 0.5) is 0 Å². The van der Waals surface area contributed by atoms with Gasteiger partial charge in [0.15, 0.2) is 27.0 Å². The molecular weight excluding hydrogens is 418 g/mol. The smallest absolute Gasteiger partial charge is 0.203 e. The molecule has 0 fully saturated rings. The molecule has 0 saturated carbocycles. The summed E-state index contributed by atoms with van der Waals surface area (Å²) < 4.78 is 43.4. The maximum absolute atomic E-state index is 12.8. The molecule has 0 aliphatic heterocycles. The number of unbranched alkanes of at least 4 members (excludes halogenated alkanes) is 1. The lowest BCUT2D eigenvalue weighted by molar-refractivity contribution is 0.324. The van der Waals surface area contributed by atoms with Crippen LogP contribution >= 0.6 is 0 Å². The van der Waals surface area contributed by atoms with E-state index >= 15 is 0 Å². The predicted octanol–water partition coefficient (Wildman–Crippen LogP) is 3.64. The molecule has 0 radical (unpaired) electrons. The normalized spacial score (nSPS) is 12.2. The van der Waals surface area contributed by atoms with Crippen molar-refractivity contribution in [3.05, 3.63) is 47.4 Å². The molecule has 0 saturated heterocycles. The van der Waals surface area contributed by atoms with Gasteiger partial charge in [0.2, 0.25) is 5.75 Å². The summed E-state index contributed by atoms with van der Waals surface area (Å²) in [6, 6.07) is 6.96. The van der Waals surface area contributed by atoms with Gasteiger partial charge in [-0.3, -0.25) is 0 Å². The molecule has 3 rings (SSSR count). The zero-order valence-electron chi connectivity index (χ0n) is 18.4. The number of ether oxygens (including phenoxy) is 3. The molecule has 0 aliphatic rings. The standard InChI is InChI=1S/C22H27N3O5S/c1-6-7-8-16-14-17(25-21(24-16)9-10-23-25)20(31(5,26)27)13-15-11-18(28-2)22(30-4)19(12-15)29-3/h9-14H,6-8H2,1-5H3. The molecule has 0 unspecified atom stereocenters. The Labute approximate surface area is 182 Å². The minimum absolute atomic E-state index is 0.121. The Morgan fingerprint density at radius 1 is 1.10 bits per heavy atom. The third-order valence-corrected chi connectivity index (χ3v) is 5.96. The lowest BCUT2D eigenvalue weighted by Crippen LogP contribution is -2.09. The number of methoxy groups -OCH3 is 3. The van der Waals surface area contributed by atoms with E-state index in [-0.39, 0.29) is 4.91 Å². The second-order valence-corrected chi connectivity index (χ2v) is 9.06. The van der Waals surface area contributed by atoms with Crippen LogP contribution in [0.1, 0.15) is 36.7 Å². The molecule has 0 N–H and O–H groups in total. The molecule has 0 spiro atoms. The van der Waals surface area contributed by atoms with Gasteiger partial charge in [-0.25, -0.2) is 17.9 Å². The van der Waals surface area contributed by atoms with Crippen LogP contribution in [0.2, 0.25) is 0 Å². The van der Waals surface area contributed by atoms with E-state index in [1.807, 2.05) is 0 Å². The SMILES string of the molecule is CCCCc1cc(C(=Cc2cc(OC)c(OC)c(OC)c2)S(C)(=O)=O)n2nccc2n1. The van der Waals surface area contributed by atoms with E-state index in [1.165, 1.54) is 27.6 Å². The molecule has 0 atom stereocenters. The Hall–Kier alpha value is -3.07. The van der Waals surface area contributed by atoms with E-state index < -0.39 is 9.84 Å². The van der Waals surface area contributed by atoms with Gasteiger partial charge in [0.25, 0.3) is 0 Å². The summed E-state index contributed by atoms with van der Waals surface area (Å²) in [5.41, 5.74) is 2.46. The minimum Gasteiger partial charge on any atom is -0.493 e. The number of hydrogen-bond acceptors (Lipinski definition) is 7. The summed E-state index contributed by atoms with van der Waals surface area (Å²) in [5.74, 6) is 1.30. The number of sulfone groups is 1. The lowest BCUT2D eigenvalue weighted by Gasteiger charge is -2.14. The van der Waals surface area contributed by atoms with Crippen LogP contribution in [0.3, 0.4) is 0 Å². The zero-order valence-corrected chi connectivity index (χ0v) is 19.2. The van der Waals surface area contributed by atoms with Crippen molar-refractivity contribution in [1.29, 1.82) is 0 Å². The van der Waals surface area contributed by atoms with Gasteiger partial charge in [-0.1, -0.05) is 13.3 Å². The monoisotopic (exact) mass is 445 g/mol. The number of benzene rings is 1. The average Bonchev–Trinajstić information content (AvgIpc) is 3.22. The minimum atomic E-state index is -3.62. The summed E-state index contributed by atoms with van der Waals surface area (Å²) in [5, 5.41) is 4.29. The van der Waals surface area contributed by atoms with E-state index in [1.54, 1.807) is 41.1 Å². The van der Waals surface area contributed by atoms with Crippen molar-refractivity contribution in [2.75, 3.05) is 27.6 Å². The molecule has 1 aromatic carbocycles. The Bertz CT molecular complexity index is 1190. The largest absolute Gasteiger partial charge is 0.493 e. The van der Waals surface area contributed by atoms with Crippen LogP contribution in [-0.2, 0) is 16.3 Å². The van der Waals surface area contributed by atoms with Crippen molar-refractivity contribution in [1.82, 2.24) is 14.6 Å². The second-order valence-electron chi connectivity index (χ2n) is 7.08. The van der Waals surface area contributed by atoms with Gasteiger partial charge in [-0.05, 0) is 42.7 Å². The fourth-order valence-electron chi connectivity index (χ4n) is 3.33. The van der Waals surface area contributed by atoms with Crippen LogP contribution < -0.4 is 14.2 Å². The first kappa shape index (κ1) is 22.6. The van der Waals surface area contributed by atoms with Gasteiger partial charge < -0.3 is 14.2 Å². The number of aromatic nitrogens is 3. The number of hydrogen-bond donors (Lipinski definition) is 0. The van der Waals surface area contributed by atoms with Gasteiger partial charge in [0.05, 0.1) is 38.1 Å². The van der Waals surface area contributed by atoms with Crippen LogP contribution in [0.15, 0.2) is 30.5 Å². The molecule has 166 valence electrons. The fraction of sp³-hybridized carbons (Fsp3) is 0.364. The van der Waals surface area contributed by atoms with Crippen molar-refractivity contribution in [3.63, 3.8) is 0 Å². The van der Waals surface area contributed by atoms with Crippen molar-refractivity contribution in [2.45, 2.75) is 26.2 Å².